The number of halogens is 1. The fraction of sp³-hybridized carbons (Fsp3) is 0.250. The fourth-order valence-electron chi connectivity index (χ4n) is 2.22. The number of rotatable bonds is 5. The molecule has 2 aromatic carbocycles. The lowest BCUT2D eigenvalue weighted by Crippen LogP contribution is -2.27. The Kier molecular flexibility index (Phi) is 5.84. The highest BCUT2D eigenvalue weighted by atomic mass is 35.5. The van der Waals surface area contributed by atoms with Crippen LogP contribution in [0.1, 0.15) is 26.7 Å². The highest BCUT2D eigenvalue weighted by Crippen LogP contribution is 2.22. The van der Waals surface area contributed by atoms with Crippen molar-refractivity contribution < 1.29 is 18.7 Å². The van der Waals surface area contributed by atoms with E-state index in [1.165, 1.54) is 0 Å². The molecule has 0 aliphatic carbocycles. The molecule has 0 aliphatic heterocycles. The molecule has 0 atom stereocenters. The summed E-state index contributed by atoms with van der Waals surface area (Å²) < 4.78 is 16.4. The zero-order chi connectivity index (χ0) is 20.1. The number of carbonyl (C=O) groups is 1. The molecule has 0 unspecified atom stereocenters. The van der Waals surface area contributed by atoms with Crippen LogP contribution >= 0.6 is 11.6 Å². The minimum atomic E-state index is -0.553. The molecule has 0 saturated heterocycles. The maximum absolute atomic E-state index is 11.8. The number of carbonyl (C=O) groups excluding carboxylic acids is 1. The highest BCUT2D eigenvalue weighted by Gasteiger charge is 2.16. The van der Waals surface area contributed by atoms with Crippen LogP contribution in [0.25, 0.3) is 11.5 Å². The Morgan fingerprint density at radius 3 is 2.39 bits per heavy atom. The number of ether oxygens (including phenoxy) is 2. The number of nitrogens with zero attached hydrogens (tertiary/aromatic N) is 2. The number of benzene rings is 2. The Morgan fingerprint density at radius 1 is 1.07 bits per heavy atom. The fourth-order valence-corrected chi connectivity index (χ4v) is 2.35. The van der Waals surface area contributed by atoms with Gasteiger partial charge >= 0.3 is 6.09 Å². The van der Waals surface area contributed by atoms with Crippen molar-refractivity contribution in [1.29, 1.82) is 0 Å². The summed E-state index contributed by atoms with van der Waals surface area (Å²) in [6, 6.07) is 14.0. The first kappa shape index (κ1) is 19.7. The molecule has 1 aromatic heterocycles. The summed E-state index contributed by atoms with van der Waals surface area (Å²) in [4.78, 5) is 11.8. The molecule has 0 bridgehead atoms. The van der Waals surface area contributed by atoms with E-state index in [0.717, 1.165) is 5.56 Å². The number of nitrogens with one attached hydrogen (secondary N) is 1. The summed E-state index contributed by atoms with van der Waals surface area (Å²) >= 11 is 5.87. The predicted molar refractivity (Wildman–Crippen MR) is 105 cm³/mol. The highest BCUT2D eigenvalue weighted by molar-refractivity contribution is 6.30. The molecule has 0 saturated carbocycles. The van der Waals surface area contributed by atoms with E-state index in [0.29, 0.717) is 28.2 Å². The Balaban J connectivity index is 1.54. The lowest BCUT2D eigenvalue weighted by Gasteiger charge is -2.19. The second-order valence-corrected chi connectivity index (χ2v) is 7.38. The number of aromatic nitrogens is 2. The Morgan fingerprint density at radius 2 is 1.75 bits per heavy atom. The SMILES string of the molecule is CC(C)(C)OC(=O)Nc1ccc(OCc2nnc(-c3ccc(Cl)cc3)o2)cc1. The molecule has 146 valence electrons. The summed E-state index contributed by atoms with van der Waals surface area (Å²) in [7, 11) is 0. The van der Waals surface area contributed by atoms with Gasteiger partial charge in [-0.1, -0.05) is 11.6 Å². The maximum Gasteiger partial charge on any atom is 0.412 e. The molecule has 1 amide bonds. The number of anilines is 1. The minimum absolute atomic E-state index is 0.124. The van der Waals surface area contributed by atoms with E-state index in [1.807, 2.05) is 0 Å². The first-order chi connectivity index (χ1) is 13.3. The molecule has 0 spiro atoms. The average Bonchev–Trinajstić information content (AvgIpc) is 3.09. The Bertz CT molecular complexity index is 931. The van der Waals surface area contributed by atoms with E-state index in [9.17, 15) is 4.79 Å². The van der Waals surface area contributed by atoms with Gasteiger partial charge in [0.1, 0.15) is 11.4 Å². The third-order valence-electron chi connectivity index (χ3n) is 3.42. The third kappa shape index (κ3) is 5.72. The van der Waals surface area contributed by atoms with Gasteiger partial charge in [-0.3, -0.25) is 5.32 Å². The minimum Gasteiger partial charge on any atom is -0.484 e. The summed E-state index contributed by atoms with van der Waals surface area (Å²) in [6.45, 7) is 5.54. The van der Waals surface area contributed by atoms with Gasteiger partial charge in [0.15, 0.2) is 6.61 Å². The molecule has 28 heavy (non-hydrogen) atoms. The standard InChI is InChI=1S/C20H20ClN3O4/c1-20(2,3)28-19(25)22-15-8-10-16(11-9-15)26-12-17-23-24-18(27-17)13-4-6-14(21)7-5-13/h4-11H,12H2,1-3H3,(H,22,25). The zero-order valence-corrected chi connectivity index (χ0v) is 16.5. The van der Waals surface area contributed by atoms with Gasteiger partial charge in [-0.05, 0) is 69.3 Å². The third-order valence-corrected chi connectivity index (χ3v) is 3.67. The number of amides is 1. The van der Waals surface area contributed by atoms with Crippen molar-refractivity contribution in [3.63, 3.8) is 0 Å². The van der Waals surface area contributed by atoms with Crippen LogP contribution in [0, 0.1) is 0 Å². The van der Waals surface area contributed by atoms with Gasteiger partial charge in [-0.2, -0.15) is 0 Å². The van der Waals surface area contributed by atoms with Crippen LogP contribution in [-0.2, 0) is 11.3 Å². The molecule has 0 radical (unpaired) electrons. The van der Waals surface area contributed by atoms with Crippen LogP contribution in [0.4, 0.5) is 10.5 Å². The monoisotopic (exact) mass is 401 g/mol. The van der Waals surface area contributed by atoms with Crippen molar-refractivity contribution in [3.05, 3.63) is 59.4 Å². The van der Waals surface area contributed by atoms with Crippen molar-refractivity contribution >= 4 is 23.4 Å². The molecule has 0 fully saturated rings. The van der Waals surface area contributed by atoms with Crippen molar-refractivity contribution in [2.24, 2.45) is 0 Å². The van der Waals surface area contributed by atoms with Crippen LogP contribution in [0.5, 0.6) is 5.75 Å². The molecule has 1 N–H and O–H groups in total. The first-order valence-electron chi connectivity index (χ1n) is 8.60. The van der Waals surface area contributed by atoms with Crippen LogP contribution in [0.2, 0.25) is 5.02 Å². The predicted octanol–water partition coefficient (Wildman–Crippen LogP) is 5.32. The summed E-state index contributed by atoms with van der Waals surface area (Å²) in [5.74, 6) is 1.34. The molecular weight excluding hydrogens is 382 g/mol. The van der Waals surface area contributed by atoms with Crippen LogP contribution in [0.15, 0.2) is 52.9 Å². The Labute approximate surface area is 167 Å². The zero-order valence-electron chi connectivity index (χ0n) is 15.7. The number of hydrogen-bond acceptors (Lipinski definition) is 6. The molecular formula is C20H20ClN3O4. The summed E-state index contributed by atoms with van der Waals surface area (Å²) in [6.07, 6.45) is -0.512. The van der Waals surface area contributed by atoms with Gasteiger partial charge in [0.05, 0.1) is 0 Å². The summed E-state index contributed by atoms with van der Waals surface area (Å²) in [5, 5.41) is 11.3. The van der Waals surface area contributed by atoms with E-state index in [2.05, 4.69) is 15.5 Å². The number of hydrogen-bond donors (Lipinski definition) is 1. The van der Waals surface area contributed by atoms with Gasteiger partial charge in [0.2, 0.25) is 5.89 Å². The maximum atomic E-state index is 11.8. The van der Waals surface area contributed by atoms with Crippen molar-refractivity contribution in [2.75, 3.05) is 5.32 Å². The molecule has 3 aromatic rings. The average molecular weight is 402 g/mol. The smallest absolute Gasteiger partial charge is 0.412 e. The molecule has 8 heteroatoms. The second-order valence-electron chi connectivity index (χ2n) is 6.95. The summed E-state index contributed by atoms with van der Waals surface area (Å²) in [5.41, 5.74) is 0.826. The van der Waals surface area contributed by atoms with E-state index in [4.69, 9.17) is 25.5 Å². The van der Waals surface area contributed by atoms with E-state index in [1.54, 1.807) is 69.3 Å². The van der Waals surface area contributed by atoms with Crippen molar-refractivity contribution in [1.82, 2.24) is 10.2 Å². The second kappa shape index (κ2) is 8.31. The van der Waals surface area contributed by atoms with Crippen LogP contribution in [0.3, 0.4) is 0 Å². The lowest BCUT2D eigenvalue weighted by molar-refractivity contribution is 0.0636. The van der Waals surface area contributed by atoms with E-state index in [-0.39, 0.29) is 6.61 Å². The molecule has 0 aliphatic rings. The van der Waals surface area contributed by atoms with Gasteiger partial charge in [0, 0.05) is 16.3 Å². The normalized spacial score (nSPS) is 11.1. The van der Waals surface area contributed by atoms with E-state index >= 15 is 0 Å². The van der Waals surface area contributed by atoms with Gasteiger partial charge in [-0.25, -0.2) is 4.79 Å². The van der Waals surface area contributed by atoms with Crippen molar-refractivity contribution in [3.8, 4) is 17.2 Å². The quantitative estimate of drug-likeness (QED) is 0.622. The van der Waals surface area contributed by atoms with Gasteiger partial charge in [-0.15, -0.1) is 10.2 Å². The van der Waals surface area contributed by atoms with E-state index < -0.39 is 11.7 Å². The largest absolute Gasteiger partial charge is 0.484 e. The van der Waals surface area contributed by atoms with Gasteiger partial charge in [0.25, 0.3) is 5.89 Å². The van der Waals surface area contributed by atoms with Gasteiger partial charge < -0.3 is 13.9 Å². The molecule has 1 heterocycles. The lowest BCUT2D eigenvalue weighted by atomic mass is 10.2. The topological polar surface area (TPSA) is 86.5 Å². The van der Waals surface area contributed by atoms with Crippen LogP contribution in [-0.4, -0.2) is 21.9 Å². The van der Waals surface area contributed by atoms with Crippen LogP contribution < -0.4 is 10.1 Å². The molecule has 3 rings (SSSR count). The van der Waals surface area contributed by atoms with Crippen molar-refractivity contribution in [2.45, 2.75) is 33.0 Å². The first-order valence-corrected chi connectivity index (χ1v) is 8.97. The molecule has 7 nitrogen and oxygen atoms in total. The Hall–Kier alpha value is -3.06.